The summed E-state index contributed by atoms with van der Waals surface area (Å²) in [6.07, 6.45) is -2.37. The summed E-state index contributed by atoms with van der Waals surface area (Å²) in [5, 5.41) is 18.6. The van der Waals surface area contributed by atoms with E-state index in [4.69, 9.17) is 9.47 Å². The van der Waals surface area contributed by atoms with Gasteiger partial charge in [0.05, 0.1) is 26.4 Å². The van der Waals surface area contributed by atoms with Gasteiger partial charge in [-0.3, -0.25) is 0 Å². The zero-order valence-electron chi connectivity index (χ0n) is 15.7. The minimum Gasteiger partial charge on any atom is -0.465 e. The minimum atomic E-state index is -1.03. The van der Waals surface area contributed by atoms with Crippen molar-refractivity contribution in [3.8, 4) is 11.1 Å². The van der Waals surface area contributed by atoms with E-state index in [9.17, 15) is 19.4 Å². The molecule has 2 aromatic rings. The molecule has 1 heterocycles. The van der Waals surface area contributed by atoms with E-state index in [1.165, 1.54) is 11.0 Å². The van der Waals surface area contributed by atoms with Gasteiger partial charge in [0.2, 0.25) is 0 Å². The van der Waals surface area contributed by atoms with Gasteiger partial charge in [-0.1, -0.05) is 42.0 Å². The molecule has 0 aliphatic carbocycles. The standard InChI is InChI=1S/C21H24FNO5/c1-14-4-2-5-15(12-14)19-16(6-3-7-17(19)22)20(28-11-9-24)18-13-23(21(25)26)8-10-27-18/h2-7,12,18,20,24H,8-11,13H2,1H3,(H,25,26). The zero-order chi connectivity index (χ0) is 20.1. The van der Waals surface area contributed by atoms with Crippen LogP contribution in [0.3, 0.4) is 0 Å². The van der Waals surface area contributed by atoms with Crippen LogP contribution in [-0.4, -0.2) is 60.2 Å². The molecule has 0 bridgehead atoms. The Hall–Kier alpha value is -2.48. The largest absolute Gasteiger partial charge is 0.465 e. The molecular weight excluding hydrogens is 365 g/mol. The summed E-state index contributed by atoms with van der Waals surface area (Å²) >= 11 is 0. The van der Waals surface area contributed by atoms with Crippen LogP contribution < -0.4 is 0 Å². The first-order valence-electron chi connectivity index (χ1n) is 9.18. The molecule has 2 unspecified atom stereocenters. The first kappa shape index (κ1) is 20.3. The number of benzene rings is 2. The molecular formula is C21H24FNO5. The lowest BCUT2D eigenvalue weighted by Crippen LogP contribution is -2.47. The van der Waals surface area contributed by atoms with Crippen LogP contribution in [0.25, 0.3) is 11.1 Å². The topological polar surface area (TPSA) is 79.2 Å². The third kappa shape index (κ3) is 4.49. The van der Waals surface area contributed by atoms with E-state index in [-0.39, 0.29) is 32.9 Å². The highest BCUT2D eigenvalue weighted by Gasteiger charge is 2.34. The van der Waals surface area contributed by atoms with Gasteiger partial charge in [0.15, 0.2) is 0 Å². The Morgan fingerprint density at radius 2 is 2.14 bits per heavy atom. The van der Waals surface area contributed by atoms with E-state index in [1.54, 1.807) is 12.1 Å². The number of nitrogens with zero attached hydrogens (tertiary/aromatic N) is 1. The number of aryl methyl sites for hydroxylation is 1. The minimum absolute atomic E-state index is 0.0291. The van der Waals surface area contributed by atoms with Crippen molar-refractivity contribution in [2.45, 2.75) is 19.1 Å². The Morgan fingerprint density at radius 3 is 2.86 bits per heavy atom. The summed E-state index contributed by atoms with van der Waals surface area (Å²) in [5.74, 6) is -0.397. The molecule has 2 aromatic carbocycles. The van der Waals surface area contributed by atoms with E-state index in [1.807, 2.05) is 31.2 Å². The second-order valence-electron chi connectivity index (χ2n) is 6.73. The SMILES string of the molecule is Cc1cccc(-c2c(F)cccc2C(OCCO)C2CN(C(=O)O)CCO2)c1. The molecule has 1 aliphatic rings. The molecule has 0 spiro atoms. The van der Waals surface area contributed by atoms with Gasteiger partial charge in [-0.2, -0.15) is 0 Å². The quantitative estimate of drug-likeness (QED) is 0.793. The molecule has 1 amide bonds. The molecule has 1 fully saturated rings. The number of aliphatic hydroxyl groups is 1. The Bertz CT molecular complexity index is 828. The summed E-state index contributed by atoms with van der Waals surface area (Å²) < 4.78 is 26.5. The number of ether oxygens (including phenoxy) is 2. The first-order valence-corrected chi connectivity index (χ1v) is 9.18. The summed E-state index contributed by atoms with van der Waals surface area (Å²) in [6.45, 7) is 2.35. The van der Waals surface area contributed by atoms with Gasteiger partial charge in [-0.15, -0.1) is 0 Å². The van der Waals surface area contributed by atoms with Gasteiger partial charge in [0, 0.05) is 12.1 Å². The molecule has 2 atom stereocenters. The molecule has 2 N–H and O–H groups in total. The third-order valence-corrected chi connectivity index (χ3v) is 4.75. The van der Waals surface area contributed by atoms with Crippen LogP contribution in [0.5, 0.6) is 0 Å². The van der Waals surface area contributed by atoms with E-state index in [0.717, 1.165) is 5.56 Å². The molecule has 1 saturated heterocycles. The maximum Gasteiger partial charge on any atom is 0.407 e. The molecule has 1 aliphatic heterocycles. The Labute approximate surface area is 163 Å². The van der Waals surface area contributed by atoms with E-state index >= 15 is 0 Å². The molecule has 0 radical (unpaired) electrons. The predicted octanol–water partition coefficient (Wildman–Crippen LogP) is 3.23. The second kappa shape index (κ2) is 9.14. The maximum absolute atomic E-state index is 14.9. The Balaban J connectivity index is 2.03. The Kier molecular flexibility index (Phi) is 6.61. The maximum atomic E-state index is 14.9. The number of carbonyl (C=O) groups is 1. The first-order chi connectivity index (χ1) is 13.5. The molecule has 0 saturated carbocycles. The number of rotatable bonds is 6. The molecule has 28 heavy (non-hydrogen) atoms. The summed E-state index contributed by atoms with van der Waals surface area (Å²) in [4.78, 5) is 12.6. The van der Waals surface area contributed by atoms with Crippen LogP contribution >= 0.6 is 0 Å². The van der Waals surface area contributed by atoms with Gasteiger partial charge in [-0.25, -0.2) is 9.18 Å². The monoisotopic (exact) mass is 389 g/mol. The number of hydrogen-bond donors (Lipinski definition) is 2. The second-order valence-corrected chi connectivity index (χ2v) is 6.73. The summed E-state index contributed by atoms with van der Waals surface area (Å²) in [5.41, 5.74) is 2.66. The van der Waals surface area contributed by atoms with Crippen molar-refractivity contribution in [3.05, 3.63) is 59.4 Å². The van der Waals surface area contributed by atoms with Crippen molar-refractivity contribution < 1.29 is 28.9 Å². The van der Waals surface area contributed by atoms with Crippen LogP contribution in [0.4, 0.5) is 9.18 Å². The number of halogens is 1. The molecule has 6 nitrogen and oxygen atoms in total. The van der Waals surface area contributed by atoms with Crippen LogP contribution in [-0.2, 0) is 9.47 Å². The van der Waals surface area contributed by atoms with Crippen molar-refractivity contribution in [1.82, 2.24) is 4.90 Å². The number of morpholine rings is 1. The average Bonchev–Trinajstić information content (AvgIpc) is 2.68. The Morgan fingerprint density at radius 1 is 1.36 bits per heavy atom. The van der Waals surface area contributed by atoms with Crippen LogP contribution in [0.2, 0.25) is 0 Å². The van der Waals surface area contributed by atoms with E-state index in [2.05, 4.69) is 0 Å². The van der Waals surface area contributed by atoms with Gasteiger partial charge >= 0.3 is 6.09 Å². The number of carboxylic acid groups (broad SMARTS) is 1. The van der Waals surface area contributed by atoms with Gasteiger partial charge in [0.25, 0.3) is 0 Å². The molecule has 150 valence electrons. The number of aliphatic hydroxyl groups excluding tert-OH is 1. The lowest BCUT2D eigenvalue weighted by molar-refractivity contribution is -0.112. The summed E-state index contributed by atoms with van der Waals surface area (Å²) in [7, 11) is 0. The lowest BCUT2D eigenvalue weighted by atomic mass is 9.92. The van der Waals surface area contributed by atoms with Crippen LogP contribution in [0, 0.1) is 12.7 Å². The van der Waals surface area contributed by atoms with Gasteiger partial charge in [0.1, 0.15) is 18.0 Å². The predicted molar refractivity (Wildman–Crippen MR) is 102 cm³/mol. The van der Waals surface area contributed by atoms with Crippen molar-refractivity contribution in [1.29, 1.82) is 0 Å². The fourth-order valence-corrected chi connectivity index (χ4v) is 3.49. The summed E-state index contributed by atoms with van der Waals surface area (Å²) in [6, 6.07) is 12.2. The van der Waals surface area contributed by atoms with Crippen molar-refractivity contribution >= 4 is 6.09 Å². The number of hydrogen-bond acceptors (Lipinski definition) is 4. The number of amides is 1. The van der Waals surface area contributed by atoms with Crippen molar-refractivity contribution in [3.63, 3.8) is 0 Å². The van der Waals surface area contributed by atoms with Crippen LogP contribution in [0.1, 0.15) is 17.2 Å². The highest BCUT2D eigenvalue weighted by atomic mass is 19.1. The van der Waals surface area contributed by atoms with E-state index in [0.29, 0.717) is 16.7 Å². The van der Waals surface area contributed by atoms with Gasteiger partial charge in [-0.05, 0) is 24.1 Å². The molecule has 3 rings (SSSR count). The smallest absolute Gasteiger partial charge is 0.407 e. The van der Waals surface area contributed by atoms with Crippen molar-refractivity contribution in [2.24, 2.45) is 0 Å². The normalized spacial score (nSPS) is 18.1. The molecule has 7 heteroatoms. The lowest BCUT2D eigenvalue weighted by Gasteiger charge is -2.36. The zero-order valence-corrected chi connectivity index (χ0v) is 15.7. The fraction of sp³-hybridized carbons (Fsp3) is 0.381. The third-order valence-electron chi connectivity index (χ3n) is 4.75. The fourth-order valence-electron chi connectivity index (χ4n) is 3.49. The molecule has 0 aromatic heterocycles. The van der Waals surface area contributed by atoms with Gasteiger partial charge < -0.3 is 24.6 Å². The van der Waals surface area contributed by atoms with Crippen LogP contribution in [0.15, 0.2) is 42.5 Å². The van der Waals surface area contributed by atoms with E-state index < -0.39 is 24.1 Å². The van der Waals surface area contributed by atoms with Crippen molar-refractivity contribution in [2.75, 3.05) is 32.9 Å². The highest BCUT2D eigenvalue weighted by Crippen LogP contribution is 2.36. The average molecular weight is 389 g/mol. The highest BCUT2D eigenvalue weighted by molar-refractivity contribution is 5.69.